The molecule has 3 aromatic rings. The monoisotopic (exact) mass is 456 g/mol. The van der Waals surface area contributed by atoms with Crippen LogP contribution in [0, 0.1) is 0 Å². The van der Waals surface area contributed by atoms with Crippen LogP contribution in [0.5, 0.6) is 0 Å². The molecule has 1 aromatic heterocycles. The molecule has 2 aromatic carbocycles. The van der Waals surface area contributed by atoms with Crippen LogP contribution in [0.2, 0.25) is 0 Å². The average Bonchev–Trinajstić information content (AvgIpc) is 3.05. The van der Waals surface area contributed by atoms with Crippen LogP contribution in [0.1, 0.15) is 10.4 Å². The quantitative estimate of drug-likeness (QED) is 0.186. The SMILES string of the molecule is C=CCn1c2c(sc1=NC(=O)N[NH2+]c1ccccc1)CCc1ccccc1-2.[Br-]. The van der Waals surface area contributed by atoms with E-state index in [1.54, 1.807) is 16.8 Å². The minimum atomic E-state index is -0.372. The number of allylic oxidation sites excluding steroid dienone is 1. The number of hydrogen-bond acceptors (Lipinski definition) is 2. The Bertz CT molecular complexity index is 1060. The van der Waals surface area contributed by atoms with Crippen LogP contribution in [-0.2, 0) is 19.4 Å². The van der Waals surface area contributed by atoms with Crippen molar-refractivity contribution in [1.29, 1.82) is 0 Å². The van der Waals surface area contributed by atoms with Crippen molar-refractivity contribution in [2.24, 2.45) is 4.99 Å². The van der Waals surface area contributed by atoms with E-state index in [9.17, 15) is 4.79 Å². The van der Waals surface area contributed by atoms with E-state index >= 15 is 0 Å². The summed E-state index contributed by atoms with van der Waals surface area (Å²) in [4.78, 5) is 18.7. The maximum atomic E-state index is 12.4. The number of amides is 2. The van der Waals surface area contributed by atoms with Crippen molar-refractivity contribution in [2.75, 3.05) is 0 Å². The van der Waals surface area contributed by atoms with Gasteiger partial charge in [-0.05, 0) is 18.4 Å². The molecule has 0 atom stereocenters. The number of hydrogen-bond donors (Lipinski definition) is 2. The summed E-state index contributed by atoms with van der Waals surface area (Å²) in [7, 11) is 0. The molecule has 0 radical (unpaired) electrons. The number of quaternary nitrogens is 1. The number of carbonyl (C=O) groups is 1. The molecule has 2 amide bonds. The van der Waals surface area contributed by atoms with E-state index in [2.05, 4.69) is 45.8 Å². The summed E-state index contributed by atoms with van der Waals surface area (Å²) in [5.74, 6) is 0. The van der Waals surface area contributed by atoms with Gasteiger partial charge in [-0.15, -0.1) is 17.9 Å². The van der Waals surface area contributed by atoms with Crippen molar-refractivity contribution in [3.63, 3.8) is 0 Å². The zero-order chi connectivity index (χ0) is 18.6. The molecular weight excluding hydrogens is 436 g/mol. The lowest BCUT2D eigenvalue weighted by atomic mass is 9.93. The number of halogens is 1. The van der Waals surface area contributed by atoms with E-state index in [1.807, 2.05) is 36.4 Å². The van der Waals surface area contributed by atoms with Gasteiger partial charge in [0, 0.05) is 29.1 Å². The number of benzene rings is 2. The number of urea groups is 1. The van der Waals surface area contributed by atoms with Crippen molar-refractivity contribution in [2.45, 2.75) is 19.4 Å². The zero-order valence-corrected chi connectivity index (χ0v) is 17.7. The van der Waals surface area contributed by atoms with Crippen LogP contribution in [0.4, 0.5) is 10.5 Å². The first-order valence-corrected chi connectivity index (χ1v) is 9.73. The van der Waals surface area contributed by atoms with E-state index in [1.165, 1.54) is 21.7 Å². The van der Waals surface area contributed by atoms with Gasteiger partial charge in [-0.1, -0.05) is 48.5 Å². The van der Waals surface area contributed by atoms with Crippen LogP contribution in [0.25, 0.3) is 11.3 Å². The number of nitrogens with two attached hydrogens (primary N) is 1. The predicted molar refractivity (Wildman–Crippen MR) is 107 cm³/mol. The number of fused-ring (bicyclic) bond motifs is 3. The van der Waals surface area contributed by atoms with E-state index < -0.39 is 0 Å². The van der Waals surface area contributed by atoms with E-state index in [0.717, 1.165) is 18.5 Å². The molecule has 0 aliphatic heterocycles. The molecule has 0 unspecified atom stereocenters. The van der Waals surface area contributed by atoms with Gasteiger partial charge in [0.15, 0.2) is 10.5 Å². The maximum Gasteiger partial charge on any atom is 0.388 e. The summed E-state index contributed by atoms with van der Waals surface area (Å²) in [5, 5.41) is 0. The number of para-hydroxylation sites is 1. The molecule has 1 aliphatic rings. The smallest absolute Gasteiger partial charge is 0.388 e. The van der Waals surface area contributed by atoms with E-state index in [-0.39, 0.29) is 23.0 Å². The van der Waals surface area contributed by atoms with Gasteiger partial charge >= 0.3 is 6.03 Å². The molecule has 0 saturated carbocycles. The lowest BCUT2D eigenvalue weighted by molar-refractivity contribution is -0.618. The van der Waals surface area contributed by atoms with Gasteiger partial charge in [-0.3, -0.25) is 0 Å². The topological polar surface area (TPSA) is 63.0 Å². The highest BCUT2D eigenvalue weighted by Crippen LogP contribution is 2.34. The summed E-state index contributed by atoms with van der Waals surface area (Å²) < 4.78 is 2.09. The largest absolute Gasteiger partial charge is 1.00 e. The van der Waals surface area contributed by atoms with Crippen molar-refractivity contribution < 1.29 is 27.2 Å². The molecule has 0 spiro atoms. The number of aromatic nitrogens is 1. The Morgan fingerprint density at radius 1 is 1.18 bits per heavy atom. The normalized spacial score (nSPS) is 12.5. The van der Waals surface area contributed by atoms with Crippen LogP contribution < -0.4 is 32.6 Å². The second-order valence-corrected chi connectivity index (χ2v) is 7.39. The molecule has 3 N–H and O–H groups in total. The Labute approximate surface area is 178 Å². The van der Waals surface area contributed by atoms with E-state index in [0.29, 0.717) is 11.3 Å². The van der Waals surface area contributed by atoms with Gasteiger partial charge < -0.3 is 21.5 Å². The molecule has 5 nitrogen and oxygen atoms in total. The summed E-state index contributed by atoms with van der Waals surface area (Å²) >= 11 is 1.59. The average molecular weight is 457 g/mol. The predicted octanol–water partition coefficient (Wildman–Crippen LogP) is -0.0744. The van der Waals surface area contributed by atoms with Gasteiger partial charge in [0.1, 0.15) is 0 Å². The lowest BCUT2D eigenvalue weighted by Gasteiger charge is -2.18. The number of rotatable bonds is 4. The van der Waals surface area contributed by atoms with Crippen LogP contribution in [0.3, 0.4) is 0 Å². The van der Waals surface area contributed by atoms with Crippen molar-refractivity contribution in [3.05, 3.63) is 82.5 Å². The van der Waals surface area contributed by atoms with Gasteiger partial charge in [0.25, 0.3) is 0 Å². The Morgan fingerprint density at radius 3 is 2.71 bits per heavy atom. The standard InChI is InChI=1S/C21H20N4OS.BrH/c1-2-14-25-19-17-11-7-6-8-15(17)12-13-18(19)27-21(25)22-20(26)24-23-16-9-4-3-5-10-16;/h2-11,23H,1,12-14H2,(H,24,26);1H. The lowest BCUT2D eigenvalue weighted by Crippen LogP contribution is -3.00. The molecule has 7 heteroatoms. The van der Waals surface area contributed by atoms with E-state index in [4.69, 9.17) is 0 Å². The van der Waals surface area contributed by atoms with Crippen molar-refractivity contribution >= 4 is 23.1 Å². The number of nitrogens with zero attached hydrogens (tertiary/aromatic N) is 2. The Morgan fingerprint density at radius 2 is 1.93 bits per heavy atom. The fourth-order valence-electron chi connectivity index (χ4n) is 3.34. The molecular formula is C21H21BrN4OS. The maximum absolute atomic E-state index is 12.4. The zero-order valence-electron chi connectivity index (χ0n) is 15.3. The van der Waals surface area contributed by atoms with Crippen LogP contribution in [-0.4, -0.2) is 10.6 Å². The number of aryl methyl sites for hydroxylation is 2. The van der Waals surface area contributed by atoms with Crippen molar-refractivity contribution in [3.8, 4) is 11.3 Å². The van der Waals surface area contributed by atoms with Gasteiger partial charge in [0.2, 0.25) is 0 Å². The van der Waals surface area contributed by atoms with Gasteiger partial charge in [0.05, 0.1) is 5.69 Å². The Hall–Kier alpha value is -2.48. The molecule has 144 valence electrons. The Kier molecular flexibility index (Phi) is 6.61. The highest BCUT2D eigenvalue weighted by atomic mass is 79.9. The molecule has 28 heavy (non-hydrogen) atoms. The molecule has 0 saturated heterocycles. The number of thiazole rings is 1. The highest BCUT2D eigenvalue weighted by molar-refractivity contribution is 7.09. The summed E-state index contributed by atoms with van der Waals surface area (Å²) in [6.45, 7) is 4.49. The Balaban J connectivity index is 0.00000225. The third kappa shape index (κ3) is 4.16. The molecule has 1 aliphatic carbocycles. The van der Waals surface area contributed by atoms with Gasteiger partial charge in [-0.2, -0.15) is 10.4 Å². The van der Waals surface area contributed by atoms with Crippen LogP contribution in [0.15, 0.2) is 72.2 Å². The third-order valence-electron chi connectivity index (χ3n) is 4.54. The second-order valence-electron chi connectivity index (χ2n) is 6.33. The second kappa shape index (κ2) is 9.14. The summed E-state index contributed by atoms with van der Waals surface area (Å²) in [6, 6.07) is 17.7. The first-order chi connectivity index (χ1) is 13.3. The molecule has 1 heterocycles. The van der Waals surface area contributed by atoms with Crippen molar-refractivity contribution in [1.82, 2.24) is 9.99 Å². The number of nitrogens with one attached hydrogen (secondary N) is 1. The first kappa shape index (κ1) is 20.3. The third-order valence-corrected chi connectivity index (χ3v) is 5.68. The summed E-state index contributed by atoms with van der Waals surface area (Å²) in [5.41, 5.74) is 9.10. The fourth-order valence-corrected chi connectivity index (χ4v) is 4.48. The molecule has 0 bridgehead atoms. The van der Waals surface area contributed by atoms with Gasteiger partial charge in [-0.25, -0.2) is 10.2 Å². The minimum absolute atomic E-state index is 0. The summed E-state index contributed by atoms with van der Waals surface area (Å²) in [6.07, 6.45) is 3.84. The van der Waals surface area contributed by atoms with Crippen LogP contribution >= 0.6 is 11.3 Å². The fraction of sp³-hybridized carbons (Fsp3) is 0.143. The molecule has 4 rings (SSSR count). The molecule has 0 fully saturated rings. The highest BCUT2D eigenvalue weighted by Gasteiger charge is 2.22. The number of carbonyl (C=O) groups excluding carboxylic acids is 1. The minimum Gasteiger partial charge on any atom is -1.00 e. The first-order valence-electron chi connectivity index (χ1n) is 8.91.